The number of benzene rings is 2. The van der Waals surface area contributed by atoms with E-state index in [0.29, 0.717) is 23.0 Å². The van der Waals surface area contributed by atoms with Crippen molar-refractivity contribution in [3.05, 3.63) is 72.1 Å². The highest BCUT2D eigenvalue weighted by molar-refractivity contribution is 6.15. The van der Waals surface area contributed by atoms with Crippen molar-refractivity contribution in [1.29, 1.82) is 0 Å². The van der Waals surface area contributed by atoms with Gasteiger partial charge in [-0.05, 0) is 48.5 Å². The summed E-state index contributed by atoms with van der Waals surface area (Å²) in [6.07, 6.45) is 1.67. The van der Waals surface area contributed by atoms with Gasteiger partial charge in [-0.15, -0.1) is 9.74 Å². The van der Waals surface area contributed by atoms with Gasteiger partial charge in [0.1, 0.15) is 17.5 Å². The minimum Gasteiger partial charge on any atom is -0.341 e. The molecule has 0 atom stereocenters. The molecule has 2 aromatic rings. The Balaban J connectivity index is 1.74. The predicted octanol–water partition coefficient (Wildman–Crippen LogP) is 3.62. The second-order valence-corrected chi connectivity index (χ2v) is 5.00. The van der Waals surface area contributed by atoms with Crippen molar-refractivity contribution in [2.24, 2.45) is 5.10 Å². The average molecular weight is 336 g/mol. The summed E-state index contributed by atoms with van der Waals surface area (Å²) in [5.41, 5.74) is 4.11. The Labute approximate surface area is 136 Å². The summed E-state index contributed by atoms with van der Waals surface area (Å²) >= 11 is 5.88. The van der Waals surface area contributed by atoms with Crippen LogP contribution in [0.2, 0.25) is 0 Å². The molecule has 0 fully saturated rings. The molecule has 0 unspecified atom stereocenters. The standard InChI is InChI=1S/C15H12ClF2N5/c16-23-21-14(19-12-5-1-10(17)2-6-12)9-15(22-23)20-13-7-3-11(18)4-8-13/h1-9,19,21H,(H,20,22). The van der Waals surface area contributed by atoms with Crippen molar-refractivity contribution in [3.8, 4) is 0 Å². The molecule has 118 valence electrons. The number of hydrazone groups is 1. The van der Waals surface area contributed by atoms with E-state index in [4.69, 9.17) is 11.8 Å². The zero-order valence-corrected chi connectivity index (χ0v) is 12.5. The number of hydrazine groups is 1. The largest absolute Gasteiger partial charge is 0.341 e. The van der Waals surface area contributed by atoms with Gasteiger partial charge < -0.3 is 10.6 Å². The number of rotatable bonds is 3. The van der Waals surface area contributed by atoms with E-state index in [9.17, 15) is 8.78 Å². The third-order valence-corrected chi connectivity index (χ3v) is 3.09. The molecule has 0 saturated carbocycles. The van der Waals surface area contributed by atoms with Gasteiger partial charge in [-0.3, -0.25) is 5.43 Å². The quantitative estimate of drug-likeness (QED) is 0.750. The van der Waals surface area contributed by atoms with Gasteiger partial charge in [-0.1, -0.05) is 0 Å². The van der Waals surface area contributed by atoms with Crippen LogP contribution in [-0.2, 0) is 0 Å². The Morgan fingerprint density at radius 2 is 1.39 bits per heavy atom. The lowest BCUT2D eigenvalue weighted by Crippen LogP contribution is -2.35. The van der Waals surface area contributed by atoms with Crippen LogP contribution in [0.5, 0.6) is 0 Å². The molecule has 0 radical (unpaired) electrons. The fourth-order valence-corrected chi connectivity index (χ4v) is 2.08. The smallest absolute Gasteiger partial charge is 0.157 e. The van der Waals surface area contributed by atoms with E-state index >= 15 is 0 Å². The summed E-state index contributed by atoms with van der Waals surface area (Å²) in [7, 11) is 0. The van der Waals surface area contributed by atoms with Crippen molar-refractivity contribution in [1.82, 2.24) is 10.1 Å². The number of nitrogens with one attached hydrogen (secondary N) is 3. The first-order valence-corrected chi connectivity index (χ1v) is 7.00. The molecule has 3 rings (SSSR count). The van der Waals surface area contributed by atoms with Gasteiger partial charge in [0.05, 0.1) is 11.8 Å². The Morgan fingerprint density at radius 3 is 1.96 bits per heavy atom. The first-order chi connectivity index (χ1) is 11.1. The molecule has 1 aliphatic rings. The molecular formula is C15H12ClF2N5. The van der Waals surface area contributed by atoms with E-state index in [1.54, 1.807) is 30.3 Å². The van der Waals surface area contributed by atoms with E-state index < -0.39 is 0 Å². The molecular weight excluding hydrogens is 324 g/mol. The van der Waals surface area contributed by atoms with E-state index in [2.05, 4.69) is 21.2 Å². The highest BCUT2D eigenvalue weighted by atomic mass is 35.5. The molecule has 1 heterocycles. The van der Waals surface area contributed by atoms with Crippen molar-refractivity contribution >= 4 is 29.0 Å². The molecule has 0 aromatic heterocycles. The van der Waals surface area contributed by atoms with Crippen LogP contribution in [0, 0.1) is 11.6 Å². The maximum absolute atomic E-state index is 12.9. The van der Waals surface area contributed by atoms with Gasteiger partial charge in [0.2, 0.25) is 0 Å². The van der Waals surface area contributed by atoms with Gasteiger partial charge in [0.15, 0.2) is 5.84 Å². The lowest BCUT2D eigenvalue weighted by atomic mass is 10.3. The van der Waals surface area contributed by atoms with Gasteiger partial charge in [-0.25, -0.2) is 8.78 Å². The summed E-state index contributed by atoms with van der Waals surface area (Å²) in [4.78, 5) is 0. The SMILES string of the molecule is Fc1ccc(NC2=CC(Nc3ccc(F)cc3)=NN(Cl)N2)cc1. The van der Waals surface area contributed by atoms with Crippen LogP contribution in [0.3, 0.4) is 0 Å². The fraction of sp³-hybridized carbons (Fsp3) is 0. The number of halogens is 3. The molecule has 23 heavy (non-hydrogen) atoms. The van der Waals surface area contributed by atoms with E-state index in [1.807, 2.05) is 0 Å². The zero-order valence-electron chi connectivity index (χ0n) is 11.7. The topological polar surface area (TPSA) is 51.7 Å². The fourth-order valence-electron chi connectivity index (χ4n) is 1.91. The van der Waals surface area contributed by atoms with E-state index in [0.717, 1.165) is 4.64 Å². The molecule has 0 aliphatic carbocycles. The summed E-state index contributed by atoms with van der Waals surface area (Å²) in [6.45, 7) is 0. The van der Waals surface area contributed by atoms with Crippen molar-refractivity contribution in [2.45, 2.75) is 0 Å². The normalized spacial score (nSPS) is 13.8. The minimum absolute atomic E-state index is 0.319. The van der Waals surface area contributed by atoms with Crippen LogP contribution >= 0.6 is 11.8 Å². The lowest BCUT2D eigenvalue weighted by Gasteiger charge is -2.22. The van der Waals surface area contributed by atoms with Gasteiger partial charge >= 0.3 is 0 Å². The van der Waals surface area contributed by atoms with E-state index in [1.165, 1.54) is 24.3 Å². The van der Waals surface area contributed by atoms with Crippen LogP contribution in [-0.4, -0.2) is 10.5 Å². The van der Waals surface area contributed by atoms with Crippen LogP contribution in [0.15, 0.2) is 65.5 Å². The lowest BCUT2D eigenvalue weighted by molar-refractivity contribution is 0.395. The minimum atomic E-state index is -0.323. The van der Waals surface area contributed by atoms with Crippen LogP contribution in [0.4, 0.5) is 20.2 Å². The van der Waals surface area contributed by atoms with Crippen molar-refractivity contribution in [3.63, 3.8) is 0 Å². The number of hydrogen-bond donors (Lipinski definition) is 3. The summed E-state index contributed by atoms with van der Waals surface area (Å²) in [5, 5.41) is 10.1. The molecule has 0 bridgehead atoms. The number of hydrogen-bond acceptors (Lipinski definition) is 5. The molecule has 0 amide bonds. The van der Waals surface area contributed by atoms with Gasteiger partial charge in [0.25, 0.3) is 0 Å². The number of amidine groups is 1. The Hall–Kier alpha value is -2.80. The summed E-state index contributed by atoms with van der Waals surface area (Å²) in [6, 6.07) is 11.7. The van der Waals surface area contributed by atoms with Crippen molar-refractivity contribution in [2.75, 3.05) is 10.6 Å². The molecule has 0 saturated heterocycles. The highest BCUT2D eigenvalue weighted by Gasteiger charge is 2.12. The second kappa shape index (κ2) is 6.53. The first-order valence-electron chi connectivity index (χ1n) is 6.66. The maximum atomic E-state index is 12.9. The maximum Gasteiger partial charge on any atom is 0.157 e. The zero-order chi connectivity index (χ0) is 16.2. The molecule has 5 nitrogen and oxygen atoms in total. The van der Waals surface area contributed by atoms with E-state index in [-0.39, 0.29) is 11.6 Å². The molecule has 2 aromatic carbocycles. The molecule has 3 N–H and O–H groups in total. The van der Waals surface area contributed by atoms with Crippen LogP contribution in [0.25, 0.3) is 0 Å². The molecule has 0 spiro atoms. The third kappa shape index (κ3) is 4.10. The molecule has 1 aliphatic heterocycles. The molecule has 8 heteroatoms. The number of anilines is 2. The monoisotopic (exact) mass is 335 g/mol. The number of nitrogens with zero attached hydrogens (tertiary/aromatic N) is 2. The average Bonchev–Trinajstić information content (AvgIpc) is 2.51. The Morgan fingerprint density at radius 1 is 0.870 bits per heavy atom. The van der Waals surface area contributed by atoms with Gasteiger partial charge in [0, 0.05) is 17.5 Å². The highest BCUT2D eigenvalue weighted by Crippen LogP contribution is 2.14. The summed E-state index contributed by atoms with van der Waals surface area (Å²) in [5.74, 6) is 0.331. The van der Waals surface area contributed by atoms with Crippen LogP contribution < -0.4 is 16.1 Å². The third-order valence-electron chi connectivity index (χ3n) is 2.93. The van der Waals surface area contributed by atoms with Crippen LogP contribution in [0.1, 0.15) is 0 Å². The summed E-state index contributed by atoms with van der Waals surface area (Å²) < 4.78 is 26.8. The Kier molecular flexibility index (Phi) is 4.29. The van der Waals surface area contributed by atoms with Crippen molar-refractivity contribution < 1.29 is 8.78 Å². The second-order valence-electron chi connectivity index (χ2n) is 4.68. The predicted molar refractivity (Wildman–Crippen MR) is 86.4 cm³/mol. The van der Waals surface area contributed by atoms with Gasteiger partial charge in [-0.2, -0.15) is 0 Å². The Bertz CT molecular complexity index is 743. The first kappa shape index (κ1) is 15.1.